The third-order valence-electron chi connectivity index (χ3n) is 5.11. The van der Waals surface area contributed by atoms with Gasteiger partial charge in [0.2, 0.25) is 5.91 Å². The van der Waals surface area contributed by atoms with Crippen molar-refractivity contribution in [1.82, 2.24) is 10.6 Å². The molecule has 8 nitrogen and oxygen atoms in total. The van der Waals surface area contributed by atoms with Crippen molar-refractivity contribution in [2.75, 3.05) is 13.2 Å². The minimum Gasteiger partial charge on any atom is -0.480 e. The molecule has 2 aromatic carbocycles. The number of amides is 2. The molecule has 2 amide bonds. The molecule has 0 bridgehead atoms. The van der Waals surface area contributed by atoms with Crippen LogP contribution in [0, 0.1) is 0 Å². The van der Waals surface area contributed by atoms with E-state index in [9.17, 15) is 14.4 Å². The van der Waals surface area contributed by atoms with Crippen molar-refractivity contribution in [1.29, 1.82) is 0 Å². The second-order valence-electron chi connectivity index (χ2n) is 7.62. The predicted octanol–water partition coefficient (Wildman–Crippen LogP) is 1.87. The monoisotopic (exact) mass is 412 g/mol. The third-order valence-corrected chi connectivity index (χ3v) is 5.11. The van der Waals surface area contributed by atoms with Crippen LogP contribution in [0.3, 0.4) is 0 Å². The average molecular weight is 412 g/mol. The summed E-state index contributed by atoms with van der Waals surface area (Å²) < 4.78 is 5.41. The van der Waals surface area contributed by atoms with Crippen LogP contribution in [-0.2, 0) is 14.3 Å². The molecule has 0 fully saturated rings. The number of carboxylic acids is 1. The summed E-state index contributed by atoms with van der Waals surface area (Å²) >= 11 is 0. The van der Waals surface area contributed by atoms with Crippen LogP contribution < -0.4 is 10.6 Å². The van der Waals surface area contributed by atoms with E-state index in [0.717, 1.165) is 22.3 Å². The summed E-state index contributed by atoms with van der Waals surface area (Å²) in [7, 11) is 0. The lowest BCUT2D eigenvalue weighted by atomic mass is 9.98. The average Bonchev–Trinajstić information content (AvgIpc) is 3.03. The minimum absolute atomic E-state index is 0.0892. The van der Waals surface area contributed by atoms with E-state index in [0.29, 0.717) is 0 Å². The van der Waals surface area contributed by atoms with Crippen LogP contribution in [0.1, 0.15) is 30.9 Å². The maximum atomic E-state index is 12.4. The Morgan fingerprint density at radius 3 is 2.07 bits per heavy atom. The van der Waals surface area contributed by atoms with Crippen LogP contribution in [0.5, 0.6) is 0 Å². The number of hydrogen-bond acceptors (Lipinski definition) is 5. The zero-order valence-electron chi connectivity index (χ0n) is 16.7. The molecule has 0 heterocycles. The van der Waals surface area contributed by atoms with E-state index in [-0.39, 0.29) is 12.5 Å². The van der Waals surface area contributed by atoms with Crippen LogP contribution in [0.15, 0.2) is 48.5 Å². The molecule has 1 atom stereocenters. The van der Waals surface area contributed by atoms with Crippen LogP contribution in [0.25, 0.3) is 11.1 Å². The molecule has 2 aromatic rings. The zero-order chi connectivity index (χ0) is 21.9. The molecule has 0 unspecified atom stereocenters. The highest BCUT2D eigenvalue weighted by molar-refractivity contribution is 5.92. The number of hydrogen-bond donors (Lipinski definition) is 4. The number of benzene rings is 2. The first-order valence-corrected chi connectivity index (χ1v) is 9.52. The SMILES string of the molecule is CC(C)(NC(=O)OCC1c2ccccc2-c2ccccc21)C(=O)N[C@H](CO)C(=O)O. The highest BCUT2D eigenvalue weighted by atomic mass is 16.5. The van der Waals surface area contributed by atoms with Gasteiger partial charge >= 0.3 is 12.1 Å². The number of aliphatic carboxylic acids is 1. The molecule has 1 aliphatic rings. The molecule has 0 saturated heterocycles. The van der Waals surface area contributed by atoms with E-state index < -0.39 is 36.2 Å². The fraction of sp³-hybridized carbons (Fsp3) is 0.318. The molecule has 0 radical (unpaired) electrons. The quantitative estimate of drug-likeness (QED) is 0.550. The maximum Gasteiger partial charge on any atom is 0.408 e. The second kappa shape index (κ2) is 8.54. The van der Waals surface area contributed by atoms with Gasteiger partial charge in [-0.15, -0.1) is 0 Å². The molecule has 0 spiro atoms. The molecule has 0 aliphatic heterocycles. The van der Waals surface area contributed by atoms with Crippen molar-refractivity contribution in [2.24, 2.45) is 0 Å². The molecule has 8 heteroatoms. The van der Waals surface area contributed by atoms with E-state index >= 15 is 0 Å². The summed E-state index contributed by atoms with van der Waals surface area (Å²) in [5, 5.41) is 22.6. The van der Waals surface area contributed by atoms with Crippen LogP contribution >= 0.6 is 0 Å². The van der Waals surface area contributed by atoms with E-state index in [1.165, 1.54) is 13.8 Å². The molecule has 30 heavy (non-hydrogen) atoms. The third kappa shape index (κ3) is 4.28. The minimum atomic E-state index is -1.46. The van der Waals surface area contributed by atoms with Crippen LogP contribution in [-0.4, -0.2) is 53.0 Å². The van der Waals surface area contributed by atoms with Gasteiger partial charge in [0.15, 0.2) is 0 Å². The Labute approximate surface area is 173 Å². The number of carbonyl (C=O) groups excluding carboxylic acids is 2. The number of nitrogens with one attached hydrogen (secondary N) is 2. The van der Waals surface area contributed by atoms with E-state index in [1.807, 2.05) is 48.5 Å². The fourth-order valence-corrected chi connectivity index (χ4v) is 3.47. The number of rotatable bonds is 7. The molecule has 0 saturated carbocycles. The number of alkyl carbamates (subject to hydrolysis) is 1. The molecule has 3 rings (SSSR count). The number of carbonyl (C=O) groups is 3. The molecular weight excluding hydrogens is 388 g/mol. The zero-order valence-corrected chi connectivity index (χ0v) is 16.7. The second-order valence-corrected chi connectivity index (χ2v) is 7.62. The summed E-state index contributed by atoms with van der Waals surface area (Å²) in [6, 6.07) is 14.4. The van der Waals surface area contributed by atoms with E-state index in [1.54, 1.807) is 0 Å². The van der Waals surface area contributed by atoms with E-state index in [4.69, 9.17) is 14.9 Å². The maximum absolute atomic E-state index is 12.4. The van der Waals surface area contributed by atoms with Crippen molar-refractivity contribution in [3.05, 3.63) is 59.7 Å². The normalized spacial score (nSPS) is 13.7. The first-order chi connectivity index (χ1) is 14.2. The highest BCUT2D eigenvalue weighted by Crippen LogP contribution is 2.44. The van der Waals surface area contributed by atoms with Gasteiger partial charge in [-0.2, -0.15) is 0 Å². The van der Waals surface area contributed by atoms with Gasteiger partial charge in [-0.3, -0.25) is 4.79 Å². The first kappa shape index (κ1) is 21.3. The van der Waals surface area contributed by atoms with Gasteiger partial charge in [0.05, 0.1) is 6.61 Å². The predicted molar refractivity (Wildman–Crippen MR) is 109 cm³/mol. The van der Waals surface area contributed by atoms with Gasteiger partial charge in [-0.05, 0) is 36.1 Å². The highest BCUT2D eigenvalue weighted by Gasteiger charge is 2.34. The Hall–Kier alpha value is -3.39. The topological polar surface area (TPSA) is 125 Å². The van der Waals surface area contributed by atoms with Gasteiger partial charge in [0.25, 0.3) is 0 Å². The van der Waals surface area contributed by atoms with Crippen molar-refractivity contribution in [3.8, 4) is 11.1 Å². The van der Waals surface area contributed by atoms with Crippen LogP contribution in [0.4, 0.5) is 4.79 Å². The summed E-state index contributed by atoms with van der Waals surface area (Å²) in [4.78, 5) is 35.6. The largest absolute Gasteiger partial charge is 0.480 e. The number of aliphatic hydroxyl groups is 1. The Kier molecular flexibility index (Phi) is 6.07. The molecular formula is C22H24N2O6. The van der Waals surface area contributed by atoms with Crippen molar-refractivity contribution >= 4 is 18.0 Å². The fourth-order valence-electron chi connectivity index (χ4n) is 3.47. The number of fused-ring (bicyclic) bond motifs is 3. The molecule has 158 valence electrons. The smallest absolute Gasteiger partial charge is 0.408 e. The first-order valence-electron chi connectivity index (χ1n) is 9.52. The van der Waals surface area contributed by atoms with Gasteiger partial charge in [0.1, 0.15) is 18.2 Å². The van der Waals surface area contributed by atoms with Gasteiger partial charge in [-0.1, -0.05) is 48.5 Å². The molecule has 4 N–H and O–H groups in total. The Morgan fingerprint density at radius 2 is 1.57 bits per heavy atom. The number of aliphatic hydroxyl groups excluding tert-OH is 1. The summed E-state index contributed by atoms with van der Waals surface area (Å²) in [6.45, 7) is 2.16. The number of ether oxygens (including phenoxy) is 1. The summed E-state index contributed by atoms with van der Waals surface area (Å²) in [5.74, 6) is -2.24. The molecule has 1 aliphatic carbocycles. The van der Waals surface area contributed by atoms with Gasteiger partial charge < -0.3 is 25.6 Å². The lowest BCUT2D eigenvalue weighted by Gasteiger charge is -2.26. The van der Waals surface area contributed by atoms with Gasteiger partial charge in [-0.25, -0.2) is 9.59 Å². The standard InChI is InChI=1S/C22H24N2O6/c1-22(2,20(28)23-18(11-25)19(26)27)24-21(29)30-12-17-15-9-5-3-7-13(15)14-8-4-6-10-16(14)17/h3-10,17-18,25H,11-12H2,1-2H3,(H,23,28)(H,24,29)(H,26,27)/t18-/m1/s1. The lowest BCUT2D eigenvalue weighted by Crippen LogP contribution is -2.58. The van der Waals surface area contributed by atoms with Crippen molar-refractivity contribution in [3.63, 3.8) is 0 Å². The van der Waals surface area contributed by atoms with Crippen molar-refractivity contribution < 1.29 is 29.3 Å². The Morgan fingerprint density at radius 1 is 1.03 bits per heavy atom. The Balaban J connectivity index is 1.65. The van der Waals surface area contributed by atoms with Crippen LogP contribution in [0.2, 0.25) is 0 Å². The molecule has 0 aromatic heterocycles. The summed E-state index contributed by atoms with van der Waals surface area (Å²) in [6.07, 6.45) is -0.798. The number of carboxylic acid groups (broad SMARTS) is 1. The van der Waals surface area contributed by atoms with E-state index in [2.05, 4.69) is 10.6 Å². The van der Waals surface area contributed by atoms with Crippen molar-refractivity contribution in [2.45, 2.75) is 31.3 Å². The Bertz CT molecular complexity index is 926. The lowest BCUT2D eigenvalue weighted by molar-refractivity contribution is -0.143. The van der Waals surface area contributed by atoms with Gasteiger partial charge in [0, 0.05) is 5.92 Å². The summed E-state index contributed by atoms with van der Waals surface area (Å²) in [5.41, 5.74) is 2.90.